The Balaban J connectivity index is 0.000000316. The second kappa shape index (κ2) is 14.8. The molecule has 224 valence electrons. The van der Waals surface area contributed by atoms with Gasteiger partial charge in [0, 0.05) is 50.1 Å². The maximum atomic E-state index is 10.3. The Morgan fingerprint density at radius 1 is 0.929 bits per heavy atom. The van der Waals surface area contributed by atoms with Crippen LogP contribution in [0.15, 0.2) is 71.9 Å². The fourth-order valence-electron chi connectivity index (χ4n) is 4.29. The predicted molar refractivity (Wildman–Crippen MR) is 150 cm³/mol. The molecule has 0 aliphatic rings. The van der Waals surface area contributed by atoms with Crippen molar-refractivity contribution in [3.05, 3.63) is 90.4 Å². The van der Waals surface area contributed by atoms with Crippen LogP contribution in [0, 0.1) is 13.8 Å². The number of imidazole rings is 2. The minimum absolute atomic E-state index is 0.806. The van der Waals surface area contributed by atoms with E-state index in [1.807, 2.05) is 51.0 Å². The number of carbonyl (C=O) groups is 3. The number of carboxylic acid groups (broad SMARTS) is 3. The number of nitrogens with zero attached hydrogens (tertiary/aromatic N) is 5. The van der Waals surface area contributed by atoms with Crippen molar-refractivity contribution in [2.45, 2.75) is 58.3 Å². The summed E-state index contributed by atoms with van der Waals surface area (Å²) in [7, 11) is 0. The predicted octanol–water partition coefficient (Wildman–Crippen LogP) is 3.12. The average Bonchev–Trinajstić information content (AvgIpc) is 3.67. The van der Waals surface area contributed by atoms with Gasteiger partial charge in [0.25, 0.3) is 0 Å². The second-order valence-electron chi connectivity index (χ2n) is 9.87. The lowest BCUT2D eigenvalue weighted by Gasteiger charge is -2.22. The van der Waals surface area contributed by atoms with E-state index in [1.54, 1.807) is 0 Å². The second-order valence-corrected chi connectivity index (χ2v) is 9.87. The zero-order chi connectivity index (χ0) is 30.7. The molecule has 0 saturated carbocycles. The number of hydrogen-bond donors (Lipinski definition) is 4. The van der Waals surface area contributed by atoms with Crippen molar-refractivity contribution in [3.8, 4) is 5.69 Å². The van der Waals surface area contributed by atoms with Crippen LogP contribution in [0.3, 0.4) is 0 Å². The van der Waals surface area contributed by atoms with E-state index in [1.165, 1.54) is 5.56 Å². The average molecular weight is 582 g/mol. The Hall–Kier alpha value is -4.75. The van der Waals surface area contributed by atoms with Crippen LogP contribution in [0.25, 0.3) is 5.69 Å². The molecule has 0 atom stereocenters. The van der Waals surface area contributed by atoms with Crippen LogP contribution in [0.2, 0.25) is 0 Å². The first-order valence-corrected chi connectivity index (χ1v) is 13.2. The molecule has 1 aromatic carbocycles. The van der Waals surface area contributed by atoms with Crippen molar-refractivity contribution < 1.29 is 39.2 Å². The summed E-state index contributed by atoms with van der Waals surface area (Å²) in [6.45, 7) is 7.64. The molecular formula is C29H35N5O8. The minimum Gasteiger partial charge on any atom is -0.481 e. The number of benzene rings is 1. The normalized spacial score (nSPS) is 11.2. The third kappa shape index (κ3) is 9.71. The van der Waals surface area contributed by atoms with Crippen LogP contribution in [-0.2, 0) is 34.0 Å². The monoisotopic (exact) mass is 581 g/mol. The van der Waals surface area contributed by atoms with Gasteiger partial charge in [-0.15, -0.1) is 0 Å². The van der Waals surface area contributed by atoms with Gasteiger partial charge < -0.3 is 34.0 Å². The number of aromatic nitrogens is 4. The van der Waals surface area contributed by atoms with Crippen molar-refractivity contribution in [1.82, 2.24) is 24.0 Å². The topological polar surface area (TPSA) is 184 Å². The first-order chi connectivity index (χ1) is 19.9. The number of aliphatic carboxylic acids is 3. The van der Waals surface area contributed by atoms with E-state index in [0.717, 1.165) is 55.6 Å². The molecule has 13 nitrogen and oxygen atoms in total. The fraction of sp³-hybridized carbons (Fsp3) is 0.345. The van der Waals surface area contributed by atoms with Crippen molar-refractivity contribution in [1.29, 1.82) is 0 Å². The highest BCUT2D eigenvalue weighted by Crippen LogP contribution is 2.17. The zero-order valence-corrected chi connectivity index (χ0v) is 23.5. The molecule has 0 saturated heterocycles. The van der Waals surface area contributed by atoms with E-state index in [0.29, 0.717) is 0 Å². The molecule has 42 heavy (non-hydrogen) atoms. The van der Waals surface area contributed by atoms with Gasteiger partial charge in [0.1, 0.15) is 17.3 Å². The van der Waals surface area contributed by atoms with E-state index in [-0.39, 0.29) is 0 Å². The van der Waals surface area contributed by atoms with Gasteiger partial charge in [-0.05, 0) is 50.1 Å². The fourth-order valence-corrected chi connectivity index (χ4v) is 4.29. The standard InChI is InChI=1S/C23H27N5O.C6H8O7/c1-19-4-9-23(29-19)17-27(13-3-12-26-14-10-24-18-26)16-21-5-7-22(8-6-21)28-15-11-25-20(28)2;7-3(8)1-6(13,5(11)12)2-4(9)10/h4-11,14-15,18H,3,12-13,16-17H2,1-2H3;13H,1-2H2,(H,7,8)(H,9,10)(H,11,12). The summed E-state index contributed by atoms with van der Waals surface area (Å²) in [5.41, 5.74) is -0.313. The van der Waals surface area contributed by atoms with E-state index in [4.69, 9.17) is 24.8 Å². The molecular weight excluding hydrogens is 546 g/mol. The van der Waals surface area contributed by atoms with E-state index >= 15 is 0 Å². The summed E-state index contributed by atoms with van der Waals surface area (Å²) in [5.74, 6) is -2.06. The summed E-state index contributed by atoms with van der Waals surface area (Å²) in [6.07, 6.45) is 8.30. The summed E-state index contributed by atoms with van der Waals surface area (Å²) in [6, 6.07) is 12.8. The van der Waals surface area contributed by atoms with Gasteiger partial charge in [-0.25, -0.2) is 14.8 Å². The first kappa shape index (κ1) is 31.8. The molecule has 4 aromatic rings. The Morgan fingerprint density at radius 2 is 1.62 bits per heavy atom. The van der Waals surface area contributed by atoms with Crippen molar-refractivity contribution >= 4 is 17.9 Å². The highest BCUT2D eigenvalue weighted by molar-refractivity contribution is 5.88. The molecule has 0 unspecified atom stereocenters. The van der Waals surface area contributed by atoms with Crippen LogP contribution in [0.5, 0.6) is 0 Å². The summed E-state index contributed by atoms with van der Waals surface area (Å²) in [5, 5.41) is 33.8. The van der Waals surface area contributed by atoms with Crippen LogP contribution in [0.1, 0.15) is 42.2 Å². The number of furan rings is 1. The Labute approximate surface area is 242 Å². The van der Waals surface area contributed by atoms with Gasteiger partial charge in [0.15, 0.2) is 5.60 Å². The molecule has 3 aromatic heterocycles. The van der Waals surface area contributed by atoms with Gasteiger partial charge in [-0.1, -0.05) is 12.1 Å². The number of aryl methyl sites for hydroxylation is 3. The Bertz CT molecular complexity index is 1430. The third-order valence-electron chi connectivity index (χ3n) is 6.36. The molecule has 0 fully saturated rings. The molecule has 4 rings (SSSR count). The smallest absolute Gasteiger partial charge is 0.336 e. The first-order valence-electron chi connectivity index (χ1n) is 13.2. The summed E-state index contributed by atoms with van der Waals surface area (Å²) in [4.78, 5) is 41.3. The Morgan fingerprint density at radius 3 is 2.12 bits per heavy atom. The molecule has 0 spiro atoms. The molecule has 4 N–H and O–H groups in total. The molecule has 0 aliphatic carbocycles. The largest absolute Gasteiger partial charge is 0.481 e. The summed E-state index contributed by atoms with van der Waals surface area (Å²) < 4.78 is 10.0. The minimum atomic E-state index is -2.74. The van der Waals surface area contributed by atoms with Crippen LogP contribution >= 0.6 is 0 Å². The number of aliphatic hydroxyl groups is 1. The SMILES string of the molecule is Cc1ccc(CN(CCCn2ccnc2)Cc2ccc(-n3ccnc3C)cc2)o1.O=C(O)CC(O)(CC(=O)O)C(=O)O. The number of hydrogen-bond acceptors (Lipinski definition) is 8. The molecule has 0 bridgehead atoms. The maximum absolute atomic E-state index is 10.3. The van der Waals surface area contributed by atoms with Gasteiger partial charge in [0.2, 0.25) is 0 Å². The van der Waals surface area contributed by atoms with Gasteiger partial charge in [0.05, 0.1) is 25.7 Å². The van der Waals surface area contributed by atoms with Crippen LogP contribution < -0.4 is 0 Å². The van der Waals surface area contributed by atoms with E-state index in [9.17, 15) is 14.4 Å². The van der Waals surface area contributed by atoms with E-state index < -0.39 is 36.4 Å². The molecule has 3 heterocycles. The van der Waals surface area contributed by atoms with Crippen LogP contribution in [-0.4, -0.2) is 74.5 Å². The molecule has 13 heteroatoms. The number of carboxylic acids is 3. The zero-order valence-electron chi connectivity index (χ0n) is 23.5. The van der Waals surface area contributed by atoms with Crippen molar-refractivity contribution in [3.63, 3.8) is 0 Å². The number of rotatable bonds is 14. The van der Waals surface area contributed by atoms with E-state index in [2.05, 4.69) is 54.3 Å². The molecule has 0 radical (unpaired) electrons. The molecule has 0 aliphatic heterocycles. The van der Waals surface area contributed by atoms with Crippen LogP contribution in [0.4, 0.5) is 0 Å². The highest BCUT2D eigenvalue weighted by Gasteiger charge is 2.40. The van der Waals surface area contributed by atoms with Gasteiger partial charge >= 0.3 is 17.9 Å². The lowest BCUT2D eigenvalue weighted by molar-refractivity contribution is -0.170. The third-order valence-corrected chi connectivity index (χ3v) is 6.36. The lowest BCUT2D eigenvalue weighted by Crippen LogP contribution is -2.42. The Kier molecular flexibility index (Phi) is 11.2. The van der Waals surface area contributed by atoms with Gasteiger partial charge in [-0.3, -0.25) is 14.5 Å². The maximum Gasteiger partial charge on any atom is 0.336 e. The summed E-state index contributed by atoms with van der Waals surface area (Å²) >= 11 is 0. The van der Waals surface area contributed by atoms with Crippen molar-refractivity contribution in [2.24, 2.45) is 0 Å². The quantitative estimate of drug-likeness (QED) is 0.171. The molecule has 0 amide bonds. The highest BCUT2D eigenvalue weighted by atomic mass is 16.4. The lowest BCUT2D eigenvalue weighted by atomic mass is 9.96. The van der Waals surface area contributed by atoms with Gasteiger partial charge in [-0.2, -0.15) is 0 Å². The van der Waals surface area contributed by atoms with Crippen molar-refractivity contribution in [2.75, 3.05) is 6.54 Å².